The molecule has 2 rings (SSSR count). The molecule has 0 spiro atoms. The van der Waals surface area contributed by atoms with Crippen molar-refractivity contribution < 1.29 is 8.78 Å². The smallest absolute Gasteiger partial charge is 0.160 e. The van der Waals surface area contributed by atoms with E-state index in [-0.39, 0.29) is 0 Å². The van der Waals surface area contributed by atoms with Crippen LogP contribution in [0.3, 0.4) is 0 Å². The molecule has 0 aliphatic carbocycles. The normalized spacial score (nSPS) is 10.7. The van der Waals surface area contributed by atoms with Gasteiger partial charge in [-0.15, -0.1) is 0 Å². The predicted molar refractivity (Wildman–Crippen MR) is 56.2 cm³/mol. The van der Waals surface area contributed by atoms with E-state index >= 15 is 0 Å². The summed E-state index contributed by atoms with van der Waals surface area (Å²) in [5.74, 6) is -1.73. The van der Waals surface area contributed by atoms with E-state index in [2.05, 4.69) is 10.4 Å². The number of nitrogens with one attached hydrogen (secondary N) is 1. The molecule has 1 aromatic carbocycles. The van der Waals surface area contributed by atoms with Crippen molar-refractivity contribution in [2.75, 3.05) is 7.05 Å². The Morgan fingerprint density at radius 1 is 1.25 bits per heavy atom. The topological polar surface area (TPSA) is 29.9 Å². The third-order valence-corrected chi connectivity index (χ3v) is 2.17. The van der Waals surface area contributed by atoms with E-state index in [4.69, 9.17) is 0 Å². The van der Waals surface area contributed by atoms with Crippen LogP contribution >= 0.6 is 0 Å². The molecule has 0 unspecified atom stereocenters. The summed E-state index contributed by atoms with van der Waals surface area (Å²) >= 11 is 0. The third-order valence-electron chi connectivity index (χ3n) is 2.17. The first kappa shape index (κ1) is 10.8. The standard InChI is InChI=1S/C11H11F2N3/c1-14-7-8-4-5-16(15-8)9-2-3-10(12)11(13)6-9/h2-6,14H,7H2,1H3. The molecule has 0 aliphatic rings. The summed E-state index contributed by atoms with van der Waals surface area (Å²) < 4.78 is 27.2. The molecule has 0 amide bonds. The summed E-state index contributed by atoms with van der Waals surface area (Å²) in [6.45, 7) is 0.636. The van der Waals surface area contributed by atoms with E-state index in [0.717, 1.165) is 17.8 Å². The van der Waals surface area contributed by atoms with Crippen LogP contribution in [0.4, 0.5) is 8.78 Å². The van der Waals surface area contributed by atoms with Crippen LogP contribution in [0.1, 0.15) is 5.69 Å². The van der Waals surface area contributed by atoms with Crippen LogP contribution < -0.4 is 5.32 Å². The summed E-state index contributed by atoms with van der Waals surface area (Å²) in [6, 6.07) is 5.50. The second kappa shape index (κ2) is 4.40. The number of rotatable bonds is 3. The lowest BCUT2D eigenvalue weighted by atomic mass is 10.3. The Morgan fingerprint density at radius 3 is 2.75 bits per heavy atom. The van der Waals surface area contributed by atoms with Gasteiger partial charge in [-0.05, 0) is 25.2 Å². The maximum atomic E-state index is 13.0. The molecule has 84 valence electrons. The minimum atomic E-state index is -0.872. The molecular formula is C11H11F2N3. The Labute approximate surface area is 91.7 Å². The Kier molecular flexibility index (Phi) is 2.96. The molecule has 0 bridgehead atoms. The lowest BCUT2D eigenvalue weighted by Gasteiger charge is -2.01. The second-order valence-corrected chi connectivity index (χ2v) is 3.38. The number of nitrogens with zero attached hydrogens (tertiary/aromatic N) is 2. The molecule has 5 heteroatoms. The zero-order valence-electron chi connectivity index (χ0n) is 8.74. The van der Waals surface area contributed by atoms with E-state index in [1.165, 1.54) is 10.7 Å². The van der Waals surface area contributed by atoms with Crippen LogP contribution in [-0.4, -0.2) is 16.8 Å². The largest absolute Gasteiger partial charge is 0.314 e. The first-order valence-electron chi connectivity index (χ1n) is 4.85. The number of aromatic nitrogens is 2. The predicted octanol–water partition coefficient (Wildman–Crippen LogP) is 1.87. The van der Waals surface area contributed by atoms with Gasteiger partial charge in [0.15, 0.2) is 11.6 Å². The molecule has 0 aliphatic heterocycles. The number of hydrogen-bond acceptors (Lipinski definition) is 2. The van der Waals surface area contributed by atoms with E-state index in [1.54, 1.807) is 6.20 Å². The fraction of sp³-hybridized carbons (Fsp3) is 0.182. The van der Waals surface area contributed by atoms with Gasteiger partial charge in [0.2, 0.25) is 0 Å². The molecule has 0 fully saturated rings. The van der Waals surface area contributed by atoms with Crippen LogP contribution in [0.25, 0.3) is 5.69 Å². The fourth-order valence-electron chi connectivity index (χ4n) is 1.41. The maximum Gasteiger partial charge on any atom is 0.160 e. The molecule has 16 heavy (non-hydrogen) atoms. The zero-order chi connectivity index (χ0) is 11.5. The van der Waals surface area contributed by atoms with Gasteiger partial charge >= 0.3 is 0 Å². The van der Waals surface area contributed by atoms with Gasteiger partial charge in [-0.1, -0.05) is 0 Å². The van der Waals surface area contributed by atoms with Gasteiger partial charge in [-0.25, -0.2) is 13.5 Å². The average Bonchev–Trinajstić information content (AvgIpc) is 2.71. The molecule has 1 N–H and O–H groups in total. The molecule has 0 atom stereocenters. The van der Waals surface area contributed by atoms with Gasteiger partial charge in [-0.3, -0.25) is 0 Å². The van der Waals surface area contributed by atoms with Crippen molar-refractivity contribution in [1.82, 2.24) is 15.1 Å². The van der Waals surface area contributed by atoms with E-state index in [0.29, 0.717) is 12.2 Å². The monoisotopic (exact) mass is 223 g/mol. The van der Waals surface area contributed by atoms with Crippen LogP contribution in [-0.2, 0) is 6.54 Å². The minimum absolute atomic E-state index is 0.501. The quantitative estimate of drug-likeness (QED) is 0.860. The number of halogens is 2. The highest BCUT2D eigenvalue weighted by atomic mass is 19.2. The summed E-state index contributed by atoms with van der Waals surface area (Å²) in [4.78, 5) is 0. The van der Waals surface area contributed by atoms with Crippen LogP contribution in [0.5, 0.6) is 0 Å². The van der Waals surface area contributed by atoms with Gasteiger partial charge in [0.25, 0.3) is 0 Å². The second-order valence-electron chi connectivity index (χ2n) is 3.38. The van der Waals surface area contributed by atoms with Gasteiger partial charge < -0.3 is 5.32 Å². The molecule has 0 radical (unpaired) electrons. The van der Waals surface area contributed by atoms with Crippen molar-refractivity contribution in [3.05, 3.63) is 47.8 Å². The van der Waals surface area contributed by atoms with Crippen molar-refractivity contribution in [3.8, 4) is 5.69 Å². The highest BCUT2D eigenvalue weighted by Gasteiger charge is 2.05. The highest BCUT2D eigenvalue weighted by Crippen LogP contribution is 2.12. The van der Waals surface area contributed by atoms with Gasteiger partial charge in [0.1, 0.15) is 0 Å². The van der Waals surface area contributed by atoms with E-state index in [1.807, 2.05) is 13.1 Å². The van der Waals surface area contributed by atoms with E-state index in [9.17, 15) is 8.78 Å². The number of hydrogen-bond donors (Lipinski definition) is 1. The lowest BCUT2D eigenvalue weighted by molar-refractivity contribution is 0.507. The molecule has 2 aromatic rings. The third kappa shape index (κ3) is 2.09. The SMILES string of the molecule is CNCc1ccn(-c2ccc(F)c(F)c2)n1. The molecule has 0 saturated carbocycles. The Hall–Kier alpha value is -1.75. The van der Waals surface area contributed by atoms with Crippen LogP contribution in [0.2, 0.25) is 0 Å². The van der Waals surface area contributed by atoms with Crippen molar-refractivity contribution in [2.24, 2.45) is 0 Å². The highest BCUT2D eigenvalue weighted by molar-refractivity contribution is 5.32. The van der Waals surface area contributed by atoms with E-state index < -0.39 is 11.6 Å². The summed E-state index contributed by atoms with van der Waals surface area (Å²) in [6.07, 6.45) is 1.71. The van der Waals surface area contributed by atoms with Crippen molar-refractivity contribution in [3.63, 3.8) is 0 Å². The minimum Gasteiger partial charge on any atom is -0.314 e. The van der Waals surface area contributed by atoms with Crippen LogP contribution in [0, 0.1) is 11.6 Å². The number of benzene rings is 1. The van der Waals surface area contributed by atoms with Gasteiger partial charge in [-0.2, -0.15) is 5.10 Å². The Bertz CT molecular complexity index is 494. The first-order chi connectivity index (χ1) is 7.70. The molecule has 0 saturated heterocycles. The molecular weight excluding hydrogens is 212 g/mol. The molecule has 1 aromatic heterocycles. The Balaban J connectivity index is 2.31. The first-order valence-corrected chi connectivity index (χ1v) is 4.85. The summed E-state index contributed by atoms with van der Waals surface area (Å²) in [5, 5.41) is 7.17. The van der Waals surface area contributed by atoms with Crippen molar-refractivity contribution in [1.29, 1.82) is 0 Å². The van der Waals surface area contributed by atoms with Gasteiger partial charge in [0, 0.05) is 18.8 Å². The Morgan fingerprint density at radius 2 is 2.06 bits per heavy atom. The summed E-state index contributed by atoms with van der Waals surface area (Å²) in [7, 11) is 1.82. The maximum absolute atomic E-state index is 13.0. The lowest BCUT2D eigenvalue weighted by Crippen LogP contribution is -2.06. The van der Waals surface area contributed by atoms with Crippen molar-refractivity contribution >= 4 is 0 Å². The summed E-state index contributed by atoms with van der Waals surface area (Å²) in [5.41, 5.74) is 1.34. The van der Waals surface area contributed by atoms with Crippen LogP contribution in [0.15, 0.2) is 30.5 Å². The van der Waals surface area contributed by atoms with Crippen molar-refractivity contribution in [2.45, 2.75) is 6.54 Å². The average molecular weight is 223 g/mol. The fourth-order valence-corrected chi connectivity index (χ4v) is 1.41. The molecule has 3 nitrogen and oxygen atoms in total. The molecule has 1 heterocycles. The van der Waals surface area contributed by atoms with Gasteiger partial charge in [0.05, 0.1) is 11.4 Å². The zero-order valence-corrected chi connectivity index (χ0v) is 8.74.